The van der Waals surface area contributed by atoms with Crippen molar-refractivity contribution in [3.63, 3.8) is 0 Å². The minimum absolute atomic E-state index is 0.0403. The van der Waals surface area contributed by atoms with Gasteiger partial charge in [0, 0.05) is 6.04 Å². The number of aliphatic hydroxyl groups excluding tert-OH is 1. The molecule has 6 heteroatoms. The van der Waals surface area contributed by atoms with Gasteiger partial charge in [-0.25, -0.2) is 4.98 Å². The van der Waals surface area contributed by atoms with Gasteiger partial charge >= 0.3 is 0 Å². The summed E-state index contributed by atoms with van der Waals surface area (Å²) < 4.78 is 2.02. The van der Waals surface area contributed by atoms with Gasteiger partial charge in [0.15, 0.2) is 0 Å². The number of fused-ring (bicyclic) bond motifs is 1. The number of benzene rings is 2. The number of nitriles is 1. The van der Waals surface area contributed by atoms with Crippen LogP contribution in [0.3, 0.4) is 0 Å². The van der Waals surface area contributed by atoms with Crippen LogP contribution in [-0.4, -0.2) is 20.6 Å². The van der Waals surface area contributed by atoms with Crippen molar-refractivity contribution in [3.8, 4) is 6.07 Å². The molecular weight excluding hydrogens is 340 g/mol. The van der Waals surface area contributed by atoms with Crippen molar-refractivity contribution >= 4 is 22.9 Å². The molecule has 0 aliphatic heterocycles. The van der Waals surface area contributed by atoms with Gasteiger partial charge in [-0.1, -0.05) is 30.3 Å². The molecule has 6 nitrogen and oxygen atoms in total. The molecule has 27 heavy (non-hydrogen) atoms. The summed E-state index contributed by atoms with van der Waals surface area (Å²) in [6.45, 7) is 0. The molecule has 2 N–H and O–H groups in total. The Morgan fingerprint density at radius 3 is 2.74 bits per heavy atom. The van der Waals surface area contributed by atoms with Crippen molar-refractivity contribution in [1.29, 1.82) is 5.26 Å². The van der Waals surface area contributed by atoms with E-state index in [-0.39, 0.29) is 18.4 Å². The zero-order valence-electron chi connectivity index (χ0n) is 14.8. The van der Waals surface area contributed by atoms with Crippen LogP contribution in [0.4, 0.5) is 5.95 Å². The van der Waals surface area contributed by atoms with Crippen LogP contribution in [0.5, 0.6) is 0 Å². The lowest BCUT2D eigenvalue weighted by Crippen LogP contribution is -2.23. The second-order valence-corrected chi connectivity index (χ2v) is 6.88. The van der Waals surface area contributed by atoms with Crippen LogP contribution in [0, 0.1) is 11.3 Å². The number of hydrogen-bond acceptors (Lipinski definition) is 4. The Morgan fingerprint density at radius 1 is 1.30 bits per heavy atom. The molecule has 1 atom stereocenters. The molecule has 0 spiro atoms. The molecule has 3 aromatic rings. The highest BCUT2D eigenvalue weighted by Crippen LogP contribution is 2.37. The lowest BCUT2D eigenvalue weighted by Gasteiger charge is -2.29. The Bertz CT molecular complexity index is 1020. The number of aliphatic hydroxyl groups is 1. The third kappa shape index (κ3) is 3.42. The van der Waals surface area contributed by atoms with Crippen molar-refractivity contribution in [1.82, 2.24) is 9.55 Å². The number of carbonyl (C=O) groups excluding carboxylic acids is 1. The van der Waals surface area contributed by atoms with E-state index in [4.69, 9.17) is 0 Å². The fourth-order valence-corrected chi connectivity index (χ4v) is 3.41. The van der Waals surface area contributed by atoms with E-state index < -0.39 is 6.10 Å². The Kier molecular flexibility index (Phi) is 4.61. The molecule has 1 aliphatic carbocycles. The zero-order chi connectivity index (χ0) is 18.8. The molecule has 1 heterocycles. The SMILES string of the molecule is N#Cc1ccc2nc(NC(=O)C[C@@H](O)c3ccccc3)n(C3CCC3)c2c1. The summed E-state index contributed by atoms with van der Waals surface area (Å²) in [5.41, 5.74) is 2.89. The molecule has 1 saturated carbocycles. The van der Waals surface area contributed by atoms with Gasteiger partial charge in [0.25, 0.3) is 0 Å². The molecule has 2 aromatic carbocycles. The number of hydrogen-bond donors (Lipinski definition) is 2. The van der Waals surface area contributed by atoms with Gasteiger partial charge in [-0.15, -0.1) is 0 Å². The van der Waals surface area contributed by atoms with Gasteiger partial charge in [0.05, 0.1) is 35.2 Å². The molecule has 1 aromatic heterocycles. The average Bonchev–Trinajstić information content (AvgIpc) is 2.98. The monoisotopic (exact) mass is 360 g/mol. The third-order valence-corrected chi connectivity index (χ3v) is 5.07. The van der Waals surface area contributed by atoms with Crippen LogP contribution in [0.2, 0.25) is 0 Å². The Labute approximate surface area is 157 Å². The van der Waals surface area contributed by atoms with Gasteiger partial charge in [-0.05, 0) is 43.0 Å². The number of anilines is 1. The van der Waals surface area contributed by atoms with E-state index in [2.05, 4.69) is 16.4 Å². The third-order valence-electron chi connectivity index (χ3n) is 5.07. The van der Waals surface area contributed by atoms with E-state index in [1.54, 1.807) is 24.3 Å². The second kappa shape index (κ2) is 7.22. The lowest BCUT2D eigenvalue weighted by molar-refractivity contribution is -0.118. The Morgan fingerprint density at radius 2 is 2.07 bits per heavy atom. The maximum absolute atomic E-state index is 12.5. The smallest absolute Gasteiger partial charge is 0.229 e. The standard InChI is InChI=1S/C21H20N4O2/c22-13-14-9-10-17-18(11-14)25(16-7-4-8-16)21(23-17)24-20(27)12-19(26)15-5-2-1-3-6-15/h1-3,5-6,9-11,16,19,26H,4,7-8,12H2,(H,23,24,27)/t19-/m1/s1. The van der Waals surface area contributed by atoms with Gasteiger partial charge < -0.3 is 9.67 Å². The summed E-state index contributed by atoms with van der Waals surface area (Å²) in [4.78, 5) is 17.1. The maximum Gasteiger partial charge on any atom is 0.229 e. The van der Waals surface area contributed by atoms with Gasteiger partial charge in [-0.2, -0.15) is 5.26 Å². The summed E-state index contributed by atoms with van der Waals surface area (Å²) in [6.07, 6.45) is 2.29. The minimum atomic E-state index is -0.863. The van der Waals surface area contributed by atoms with Crippen LogP contribution in [0.1, 0.15) is 49.0 Å². The first-order valence-electron chi connectivity index (χ1n) is 9.10. The quantitative estimate of drug-likeness (QED) is 0.726. The zero-order valence-corrected chi connectivity index (χ0v) is 14.8. The Hall–Kier alpha value is -3.17. The van der Waals surface area contributed by atoms with Crippen LogP contribution in [-0.2, 0) is 4.79 Å². The van der Waals surface area contributed by atoms with E-state index >= 15 is 0 Å². The predicted octanol–water partition coefficient (Wildman–Crippen LogP) is 3.70. The summed E-state index contributed by atoms with van der Waals surface area (Å²) in [5.74, 6) is 0.192. The first-order chi connectivity index (χ1) is 13.2. The molecule has 1 aliphatic rings. The molecule has 0 saturated heterocycles. The molecule has 0 bridgehead atoms. The topological polar surface area (TPSA) is 90.9 Å². The second-order valence-electron chi connectivity index (χ2n) is 6.88. The van der Waals surface area contributed by atoms with Gasteiger partial charge in [-0.3, -0.25) is 10.1 Å². The van der Waals surface area contributed by atoms with Crippen molar-refractivity contribution in [2.75, 3.05) is 5.32 Å². The summed E-state index contributed by atoms with van der Waals surface area (Å²) in [7, 11) is 0. The van der Waals surface area contributed by atoms with E-state index in [0.29, 0.717) is 17.1 Å². The number of aromatic nitrogens is 2. The maximum atomic E-state index is 12.5. The van der Waals surface area contributed by atoms with Gasteiger partial charge in [0.1, 0.15) is 0 Å². The normalized spacial score (nSPS) is 15.1. The Balaban J connectivity index is 1.59. The lowest BCUT2D eigenvalue weighted by atomic mass is 9.92. The number of imidazole rings is 1. The minimum Gasteiger partial charge on any atom is -0.388 e. The summed E-state index contributed by atoms with van der Waals surface area (Å²) in [6, 6.07) is 16.9. The molecule has 0 unspecified atom stereocenters. The highest BCUT2D eigenvalue weighted by molar-refractivity contribution is 5.92. The molecule has 136 valence electrons. The van der Waals surface area contributed by atoms with Crippen LogP contribution >= 0.6 is 0 Å². The highest BCUT2D eigenvalue weighted by atomic mass is 16.3. The number of rotatable bonds is 5. The van der Waals surface area contributed by atoms with E-state index in [1.165, 1.54) is 0 Å². The first kappa shape index (κ1) is 17.3. The molecule has 1 fully saturated rings. The predicted molar refractivity (Wildman–Crippen MR) is 102 cm³/mol. The summed E-state index contributed by atoms with van der Waals surface area (Å²) >= 11 is 0. The van der Waals surface area contributed by atoms with Crippen molar-refractivity contribution < 1.29 is 9.90 Å². The fourth-order valence-electron chi connectivity index (χ4n) is 3.41. The average molecular weight is 360 g/mol. The van der Waals surface area contributed by atoms with Crippen LogP contribution in [0.25, 0.3) is 11.0 Å². The van der Waals surface area contributed by atoms with E-state index in [9.17, 15) is 15.2 Å². The molecule has 1 amide bonds. The molecular formula is C21H20N4O2. The fraction of sp³-hybridized carbons (Fsp3) is 0.286. The van der Waals surface area contributed by atoms with E-state index in [1.807, 2.05) is 28.8 Å². The van der Waals surface area contributed by atoms with Gasteiger partial charge in [0.2, 0.25) is 11.9 Å². The number of amides is 1. The number of carbonyl (C=O) groups is 1. The molecule has 0 radical (unpaired) electrons. The number of nitrogens with one attached hydrogen (secondary N) is 1. The summed E-state index contributed by atoms with van der Waals surface area (Å²) in [5, 5.41) is 22.3. The van der Waals surface area contributed by atoms with Crippen LogP contribution < -0.4 is 5.32 Å². The largest absolute Gasteiger partial charge is 0.388 e. The van der Waals surface area contributed by atoms with Crippen molar-refractivity contribution in [2.45, 2.75) is 37.8 Å². The molecule has 4 rings (SSSR count). The van der Waals surface area contributed by atoms with E-state index in [0.717, 1.165) is 30.3 Å². The number of nitrogens with zero attached hydrogens (tertiary/aromatic N) is 3. The highest BCUT2D eigenvalue weighted by Gasteiger charge is 2.26. The van der Waals surface area contributed by atoms with Crippen molar-refractivity contribution in [3.05, 3.63) is 59.7 Å². The van der Waals surface area contributed by atoms with Crippen LogP contribution in [0.15, 0.2) is 48.5 Å². The van der Waals surface area contributed by atoms with Crippen molar-refractivity contribution in [2.24, 2.45) is 0 Å². The first-order valence-corrected chi connectivity index (χ1v) is 9.10.